The van der Waals surface area contributed by atoms with Crippen LogP contribution in [0.3, 0.4) is 0 Å². The third kappa shape index (κ3) is 6.80. The second-order valence-corrected chi connectivity index (χ2v) is 5.72. The number of methoxy groups -OCH3 is 1. The van der Waals surface area contributed by atoms with Crippen molar-refractivity contribution in [2.45, 2.75) is 58.7 Å². The zero-order chi connectivity index (χ0) is 13.0. The number of carbonyl (C=O) groups excluding carboxylic acids is 1. The molecule has 1 atom stereocenters. The first-order chi connectivity index (χ1) is 7.07. The molecule has 0 aliphatic heterocycles. The molecule has 0 saturated heterocycles. The standard InChI is InChI=1S/C12H25NO3/c1-9(10(14)16-11(2,3)4)13-12(5,6)8-15-7/h9,13H,8H2,1-7H3. The highest BCUT2D eigenvalue weighted by atomic mass is 16.6. The lowest BCUT2D eigenvalue weighted by Crippen LogP contribution is -2.52. The van der Waals surface area contributed by atoms with E-state index in [-0.39, 0.29) is 17.6 Å². The topological polar surface area (TPSA) is 47.6 Å². The summed E-state index contributed by atoms with van der Waals surface area (Å²) in [6.07, 6.45) is 0. The second kappa shape index (κ2) is 5.64. The van der Waals surface area contributed by atoms with Crippen LogP contribution >= 0.6 is 0 Å². The van der Waals surface area contributed by atoms with Crippen LogP contribution in [0.1, 0.15) is 41.5 Å². The van der Waals surface area contributed by atoms with Gasteiger partial charge in [0.05, 0.1) is 6.61 Å². The van der Waals surface area contributed by atoms with Gasteiger partial charge in [-0.05, 0) is 41.5 Å². The normalized spacial score (nSPS) is 14.7. The van der Waals surface area contributed by atoms with Gasteiger partial charge in [-0.1, -0.05) is 0 Å². The van der Waals surface area contributed by atoms with Crippen LogP contribution in [0.4, 0.5) is 0 Å². The van der Waals surface area contributed by atoms with Gasteiger partial charge in [-0.2, -0.15) is 0 Å². The van der Waals surface area contributed by atoms with E-state index in [0.717, 1.165) is 0 Å². The molecule has 0 aromatic rings. The van der Waals surface area contributed by atoms with E-state index >= 15 is 0 Å². The molecule has 1 unspecified atom stereocenters. The van der Waals surface area contributed by atoms with Gasteiger partial charge in [-0.15, -0.1) is 0 Å². The van der Waals surface area contributed by atoms with Crippen LogP contribution in [0.25, 0.3) is 0 Å². The molecule has 16 heavy (non-hydrogen) atoms. The number of hydrogen-bond acceptors (Lipinski definition) is 4. The predicted molar refractivity (Wildman–Crippen MR) is 64.4 cm³/mol. The number of carbonyl (C=O) groups is 1. The van der Waals surface area contributed by atoms with Crippen molar-refractivity contribution in [3.8, 4) is 0 Å². The molecule has 96 valence electrons. The molecular formula is C12H25NO3. The second-order valence-electron chi connectivity index (χ2n) is 5.72. The van der Waals surface area contributed by atoms with Crippen molar-refractivity contribution in [3.63, 3.8) is 0 Å². The summed E-state index contributed by atoms with van der Waals surface area (Å²) in [7, 11) is 1.64. The van der Waals surface area contributed by atoms with E-state index in [1.54, 1.807) is 14.0 Å². The summed E-state index contributed by atoms with van der Waals surface area (Å²) in [5, 5.41) is 3.18. The fourth-order valence-corrected chi connectivity index (χ4v) is 1.44. The summed E-state index contributed by atoms with van der Waals surface area (Å²) in [6, 6.07) is -0.343. The Kier molecular flexibility index (Phi) is 5.42. The summed E-state index contributed by atoms with van der Waals surface area (Å²) in [5.74, 6) is -0.239. The number of nitrogens with one attached hydrogen (secondary N) is 1. The molecule has 0 bridgehead atoms. The minimum absolute atomic E-state index is 0.239. The van der Waals surface area contributed by atoms with Gasteiger partial charge in [-0.25, -0.2) is 0 Å². The third-order valence-electron chi connectivity index (χ3n) is 1.87. The third-order valence-corrected chi connectivity index (χ3v) is 1.87. The average Bonchev–Trinajstić information content (AvgIpc) is 1.99. The van der Waals surface area contributed by atoms with Gasteiger partial charge in [0.2, 0.25) is 0 Å². The van der Waals surface area contributed by atoms with Crippen molar-refractivity contribution in [3.05, 3.63) is 0 Å². The zero-order valence-corrected chi connectivity index (χ0v) is 11.5. The summed E-state index contributed by atoms with van der Waals surface area (Å²) < 4.78 is 10.4. The Morgan fingerprint density at radius 3 is 2.12 bits per heavy atom. The van der Waals surface area contributed by atoms with Gasteiger partial charge >= 0.3 is 5.97 Å². The fraction of sp³-hybridized carbons (Fsp3) is 0.917. The Morgan fingerprint density at radius 2 is 1.75 bits per heavy atom. The SMILES string of the molecule is COCC(C)(C)NC(C)C(=O)OC(C)(C)C. The average molecular weight is 231 g/mol. The van der Waals surface area contributed by atoms with Gasteiger partial charge in [0.1, 0.15) is 11.6 Å². The van der Waals surface area contributed by atoms with Crippen LogP contribution in [0.2, 0.25) is 0 Å². The van der Waals surface area contributed by atoms with E-state index < -0.39 is 5.60 Å². The largest absolute Gasteiger partial charge is 0.459 e. The molecule has 0 fully saturated rings. The molecule has 0 spiro atoms. The van der Waals surface area contributed by atoms with Crippen LogP contribution < -0.4 is 5.32 Å². The Labute approximate surface area is 98.7 Å². The van der Waals surface area contributed by atoms with Gasteiger partial charge < -0.3 is 9.47 Å². The van der Waals surface area contributed by atoms with E-state index in [2.05, 4.69) is 5.32 Å². The van der Waals surface area contributed by atoms with Crippen molar-refractivity contribution in [1.29, 1.82) is 0 Å². The maximum atomic E-state index is 11.7. The summed E-state index contributed by atoms with van der Waals surface area (Å²) in [5.41, 5.74) is -0.691. The molecule has 0 amide bonds. The van der Waals surface area contributed by atoms with Crippen molar-refractivity contribution in [2.75, 3.05) is 13.7 Å². The molecule has 0 aliphatic carbocycles. The summed E-state index contributed by atoms with van der Waals surface area (Å²) in [6.45, 7) is 11.9. The van der Waals surface area contributed by atoms with Crippen LogP contribution in [0.15, 0.2) is 0 Å². The summed E-state index contributed by atoms with van der Waals surface area (Å²) in [4.78, 5) is 11.7. The maximum Gasteiger partial charge on any atom is 0.323 e. The lowest BCUT2D eigenvalue weighted by atomic mass is 10.1. The molecule has 4 nitrogen and oxygen atoms in total. The van der Waals surface area contributed by atoms with E-state index in [9.17, 15) is 4.79 Å². The molecular weight excluding hydrogens is 206 g/mol. The quantitative estimate of drug-likeness (QED) is 0.732. The Balaban J connectivity index is 4.25. The van der Waals surface area contributed by atoms with Crippen LogP contribution in [0, 0.1) is 0 Å². The Hall–Kier alpha value is -0.610. The minimum Gasteiger partial charge on any atom is -0.459 e. The number of rotatable bonds is 5. The number of esters is 1. The number of ether oxygens (including phenoxy) is 2. The molecule has 0 radical (unpaired) electrons. The van der Waals surface area contributed by atoms with Gasteiger partial charge in [0, 0.05) is 12.6 Å². The van der Waals surface area contributed by atoms with E-state index in [1.807, 2.05) is 34.6 Å². The smallest absolute Gasteiger partial charge is 0.323 e. The molecule has 4 heteroatoms. The minimum atomic E-state index is -0.446. The molecule has 0 aromatic heterocycles. The predicted octanol–water partition coefficient (Wildman–Crippen LogP) is 1.73. The first-order valence-corrected chi connectivity index (χ1v) is 5.57. The molecule has 0 heterocycles. The highest BCUT2D eigenvalue weighted by Gasteiger charge is 2.27. The van der Waals surface area contributed by atoms with Gasteiger partial charge in [-0.3, -0.25) is 10.1 Å². The highest BCUT2D eigenvalue weighted by molar-refractivity contribution is 5.75. The Morgan fingerprint density at radius 1 is 1.25 bits per heavy atom. The lowest BCUT2D eigenvalue weighted by molar-refractivity contribution is -0.157. The van der Waals surface area contributed by atoms with Crippen molar-refractivity contribution < 1.29 is 14.3 Å². The van der Waals surface area contributed by atoms with Crippen molar-refractivity contribution >= 4 is 5.97 Å². The van der Waals surface area contributed by atoms with Crippen LogP contribution in [-0.2, 0) is 14.3 Å². The first kappa shape index (κ1) is 15.4. The molecule has 1 N–H and O–H groups in total. The fourth-order valence-electron chi connectivity index (χ4n) is 1.44. The highest BCUT2D eigenvalue weighted by Crippen LogP contribution is 2.10. The Bertz CT molecular complexity index is 231. The van der Waals surface area contributed by atoms with E-state index in [1.165, 1.54) is 0 Å². The summed E-state index contributed by atoms with van der Waals surface area (Å²) >= 11 is 0. The lowest BCUT2D eigenvalue weighted by Gasteiger charge is -2.30. The van der Waals surface area contributed by atoms with Crippen molar-refractivity contribution in [2.24, 2.45) is 0 Å². The van der Waals surface area contributed by atoms with Gasteiger partial charge in [0.25, 0.3) is 0 Å². The van der Waals surface area contributed by atoms with E-state index in [4.69, 9.17) is 9.47 Å². The van der Waals surface area contributed by atoms with Crippen molar-refractivity contribution in [1.82, 2.24) is 5.32 Å². The maximum absolute atomic E-state index is 11.7. The van der Waals surface area contributed by atoms with Gasteiger partial charge in [0.15, 0.2) is 0 Å². The monoisotopic (exact) mass is 231 g/mol. The van der Waals surface area contributed by atoms with Crippen LogP contribution in [-0.4, -0.2) is 36.9 Å². The number of hydrogen-bond donors (Lipinski definition) is 1. The molecule has 0 aliphatic rings. The first-order valence-electron chi connectivity index (χ1n) is 5.57. The molecule has 0 saturated carbocycles. The van der Waals surface area contributed by atoms with E-state index in [0.29, 0.717) is 6.61 Å². The zero-order valence-electron chi connectivity index (χ0n) is 11.5. The van der Waals surface area contributed by atoms with Crippen LogP contribution in [0.5, 0.6) is 0 Å². The molecule has 0 aromatic carbocycles. The molecule has 0 rings (SSSR count).